The lowest BCUT2D eigenvalue weighted by Crippen LogP contribution is -2.39. The summed E-state index contributed by atoms with van der Waals surface area (Å²) < 4.78 is 41.8. The van der Waals surface area contributed by atoms with Crippen LogP contribution in [0.25, 0.3) is 0 Å². The maximum Gasteiger partial charge on any atom is 0.235 e. The lowest BCUT2D eigenvalue weighted by molar-refractivity contribution is -0.119. The zero-order valence-corrected chi connectivity index (χ0v) is 12.6. The van der Waals surface area contributed by atoms with E-state index in [1.807, 2.05) is 0 Å². The van der Waals surface area contributed by atoms with E-state index in [4.69, 9.17) is 16.3 Å². The first-order chi connectivity index (χ1) is 9.26. The first-order valence-electron chi connectivity index (χ1n) is 5.72. The standard InChI is InChI=1S/C12H15ClFNO4S/c1-8(6-19-2)15-12(16)7-20(17,18)9-3-4-11(14)10(13)5-9/h3-5,8H,6-7H2,1-2H3,(H,15,16)/t8-/m1/s1. The molecule has 0 aromatic heterocycles. The molecule has 1 aromatic rings. The van der Waals surface area contributed by atoms with E-state index >= 15 is 0 Å². The van der Waals surface area contributed by atoms with Crippen molar-refractivity contribution in [3.05, 3.63) is 29.0 Å². The maximum atomic E-state index is 13.0. The van der Waals surface area contributed by atoms with Crippen molar-refractivity contribution in [3.63, 3.8) is 0 Å². The number of benzene rings is 1. The largest absolute Gasteiger partial charge is 0.383 e. The van der Waals surface area contributed by atoms with Crippen molar-refractivity contribution in [2.75, 3.05) is 19.5 Å². The summed E-state index contributed by atoms with van der Waals surface area (Å²) in [6.45, 7) is 1.96. The molecule has 0 aliphatic heterocycles. The van der Waals surface area contributed by atoms with Crippen LogP contribution in [-0.2, 0) is 19.4 Å². The fraction of sp³-hybridized carbons (Fsp3) is 0.417. The predicted octanol–water partition coefficient (Wildman–Crippen LogP) is 1.40. The van der Waals surface area contributed by atoms with Gasteiger partial charge >= 0.3 is 0 Å². The molecule has 0 saturated heterocycles. The highest BCUT2D eigenvalue weighted by molar-refractivity contribution is 7.92. The zero-order valence-electron chi connectivity index (χ0n) is 11.0. The summed E-state index contributed by atoms with van der Waals surface area (Å²) in [6.07, 6.45) is 0. The molecule has 5 nitrogen and oxygen atoms in total. The minimum absolute atomic E-state index is 0.196. The van der Waals surface area contributed by atoms with E-state index in [1.54, 1.807) is 6.92 Å². The number of carbonyl (C=O) groups is 1. The molecule has 1 aromatic carbocycles. The number of hydrogen-bond donors (Lipinski definition) is 1. The van der Waals surface area contributed by atoms with Crippen LogP contribution in [0.1, 0.15) is 6.92 Å². The molecule has 0 spiro atoms. The third kappa shape index (κ3) is 4.73. The minimum Gasteiger partial charge on any atom is -0.383 e. The summed E-state index contributed by atoms with van der Waals surface area (Å²) in [4.78, 5) is 11.4. The Morgan fingerprint density at radius 1 is 1.50 bits per heavy atom. The molecule has 0 saturated carbocycles. The van der Waals surface area contributed by atoms with Crippen molar-refractivity contribution in [1.29, 1.82) is 0 Å². The average Bonchev–Trinajstić information content (AvgIpc) is 2.31. The van der Waals surface area contributed by atoms with Gasteiger partial charge in [0, 0.05) is 13.2 Å². The van der Waals surface area contributed by atoms with Gasteiger partial charge in [0.15, 0.2) is 9.84 Å². The quantitative estimate of drug-likeness (QED) is 0.803. The molecule has 0 heterocycles. The van der Waals surface area contributed by atoms with Crippen LogP contribution in [0.2, 0.25) is 5.02 Å². The number of methoxy groups -OCH3 is 1. The highest BCUT2D eigenvalue weighted by Gasteiger charge is 2.21. The van der Waals surface area contributed by atoms with Crippen LogP contribution >= 0.6 is 11.6 Å². The van der Waals surface area contributed by atoms with Crippen LogP contribution < -0.4 is 5.32 Å². The first kappa shape index (κ1) is 16.9. The molecule has 1 N–H and O–H groups in total. The smallest absolute Gasteiger partial charge is 0.235 e. The number of hydrogen-bond acceptors (Lipinski definition) is 4. The van der Waals surface area contributed by atoms with Crippen molar-refractivity contribution < 1.29 is 22.3 Å². The van der Waals surface area contributed by atoms with E-state index < -0.39 is 27.3 Å². The highest BCUT2D eigenvalue weighted by atomic mass is 35.5. The van der Waals surface area contributed by atoms with Gasteiger partial charge in [-0.05, 0) is 25.1 Å². The van der Waals surface area contributed by atoms with Crippen LogP contribution in [-0.4, -0.2) is 39.8 Å². The van der Waals surface area contributed by atoms with E-state index in [2.05, 4.69) is 5.32 Å². The molecule has 0 bridgehead atoms. The van der Waals surface area contributed by atoms with Gasteiger partial charge in [0.25, 0.3) is 0 Å². The Labute approximate surface area is 122 Å². The molecule has 112 valence electrons. The summed E-state index contributed by atoms with van der Waals surface area (Å²) in [5, 5.41) is 2.18. The zero-order chi connectivity index (χ0) is 15.3. The summed E-state index contributed by atoms with van der Waals surface area (Å²) in [5.74, 6) is -2.11. The Morgan fingerprint density at radius 3 is 2.70 bits per heavy atom. The molecular weight excluding hydrogens is 309 g/mol. The fourth-order valence-electron chi connectivity index (χ4n) is 1.53. The summed E-state index contributed by atoms with van der Waals surface area (Å²) in [5.41, 5.74) is 0. The number of carbonyl (C=O) groups excluding carboxylic acids is 1. The van der Waals surface area contributed by atoms with Crippen molar-refractivity contribution in [1.82, 2.24) is 5.32 Å². The molecule has 0 fully saturated rings. The van der Waals surface area contributed by atoms with E-state index in [0.717, 1.165) is 18.2 Å². The second-order valence-corrected chi connectivity index (χ2v) is 6.66. The number of nitrogens with one attached hydrogen (secondary N) is 1. The van der Waals surface area contributed by atoms with E-state index in [-0.39, 0.29) is 22.6 Å². The van der Waals surface area contributed by atoms with Gasteiger partial charge in [-0.3, -0.25) is 4.79 Å². The van der Waals surface area contributed by atoms with Gasteiger partial charge in [-0.15, -0.1) is 0 Å². The second-order valence-electron chi connectivity index (χ2n) is 4.26. The number of rotatable bonds is 6. The van der Waals surface area contributed by atoms with Gasteiger partial charge in [0.1, 0.15) is 11.6 Å². The minimum atomic E-state index is -3.86. The molecule has 8 heteroatoms. The van der Waals surface area contributed by atoms with Crippen LogP contribution in [0.3, 0.4) is 0 Å². The molecule has 20 heavy (non-hydrogen) atoms. The van der Waals surface area contributed by atoms with Gasteiger partial charge in [0.2, 0.25) is 5.91 Å². The topological polar surface area (TPSA) is 72.5 Å². The Bertz CT molecular complexity index is 591. The summed E-state index contributed by atoms with van der Waals surface area (Å²) >= 11 is 5.53. The predicted molar refractivity (Wildman–Crippen MR) is 72.9 cm³/mol. The Kier molecular flexibility index (Phi) is 5.91. The molecule has 0 radical (unpaired) electrons. The SMILES string of the molecule is COC[C@@H](C)NC(=O)CS(=O)(=O)c1ccc(F)c(Cl)c1. The molecule has 1 atom stereocenters. The first-order valence-corrected chi connectivity index (χ1v) is 7.75. The van der Waals surface area contributed by atoms with Gasteiger partial charge in [-0.25, -0.2) is 12.8 Å². The van der Waals surface area contributed by atoms with Crippen molar-refractivity contribution >= 4 is 27.3 Å². The van der Waals surface area contributed by atoms with Gasteiger partial charge < -0.3 is 10.1 Å². The Balaban J connectivity index is 2.79. The summed E-state index contributed by atoms with van der Waals surface area (Å²) in [6, 6.07) is 2.70. The number of sulfone groups is 1. The monoisotopic (exact) mass is 323 g/mol. The average molecular weight is 324 g/mol. The van der Waals surface area contributed by atoms with Crippen LogP contribution in [0.15, 0.2) is 23.1 Å². The normalized spacial score (nSPS) is 13.0. The molecule has 0 aliphatic carbocycles. The molecule has 1 amide bonds. The fourth-order valence-corrected chi connectivity index (χ4v) is 2.95. The van der Waals surface area contributed by atoms with E-state index in [0.29, 0.717) is 0 Å². The lowest BCUT2D eigenvalue weighted by atomic mass is 10.3. The third-order valence-corrected chi connectivity index (χ3v) is 4.30. The van der Waals surface area contributed by atoms with Crippen LogP contribution in [0, 0.1) is 5.82 Å². The molecule has 1 rings (SSSR count). The Hall–Kier alpha value is -1.18. The summed E-state index contributed by atoms with van der Waals surface area (Å²) in [7, 11) is -2.39. The Morgan fingerprint density at radius 2 is 2.15 bits per heavy atom. The van der Waals surface area contributed by atoms with Crippen molar-refractivity contribution in [3.8, 4) is 0 Å². The maximum absolute atomic E-state index is 13.0. The van der Waals surface area contributed by atoms with E-state index in [9.17, 15) is 17.6 Å². The second kappa shape index (κ2) is 7.01. The number of ether oxygens (including phenoxy) is 1. The number of amides is 1. The third-order valence-electron chi connectivity index (χ3n) is 2.40. The van der Waals surface area contributed by atoms with E-state index in [1.165, 1.54) is 7.11 Å². The van der Waals surface area contributed by atoms with Gasteiger partial charge in [-0.1, -0.05) is 11.6 Å². The van der Waals surface area contributed by atoms with Crippen LogP contribution in [0.5, 0.6) is 0 Å². The molecule has 0 unspecified atom stereocenters. The lowest BCUT2D eigenvalue weighted by Gasteiger charge is -2.12. The molecule has 0 aliphatic rings. The van der Waals surface area contributed by atoms with Gasteiger partial charge in [-0.2, -0.15) is 0 Å². The van der Waals surface area contributed by atoms with Gasteiger partial charge in [0.05, 0.1) is 16.5 Å². The van der Waals surface area contributed by atoms with Crippen molar-refractivity contribution in [2.24, 2.45) is 0 Å². The highest BCUT2D eigenvalue weighted by Crippen LogP contribution is 2.20. The van der Waals surface area contributed by atoms with Crippen molar-refractivity contribution in [2.45, 2.75) is 17.9 Å². The number of halogens is 2. The van der Waals surface area contributed by atoms with Crippen LogP contribution in [0.4, 0.5) is 4.39 Å². The molecular formula is C12H15ClFNO4S.